The van der Waals surface area contributed by atoms with Crippen molar-refractivity contribution < 1.29 is 9.18 Å². The highest BCUT2D eigenvalue weighted by atomic mass is 35.5. The molecule has 0 aliphatic carbocycles. The minimum atomic E-state index is -0.360. The smallest absolute Gasteiger partial charge is 0.231 e. The molecule has 0 radical (unpaired) electrons. The van der Waals surface area contributed by atoms with E-state index < -0.39 is 0 Å². The molecule has 1 atom stereocenters. The maximum absolute atomic E-state index is 12.9. The van der Waals surface area contributed by atoms with Crippen LogP contribution in [0.15, 0.2) is 18.2 Å². The highest BCUT2D eigenvalue weighted by molar-refractivity contribution is 5.96. The van der Waals surface area contributed by atoms with E-state index in [9.17, 15) is 9.18 Å². The lowest BCUT2D eigenvalue weighted by Gasteiger charge is -2.22. The van der Waals surface area contributed by atoms with Crippen LogP contribution in [0.5, 0.6) is 0 Å². The van der Waals surface area contributed by atoms with Crippen molar-refractivity contribution in [2.24, 2.45) is 5.41 Å². The number of rotatable bonds is 2. The minimum absolute atomic E-state index is 0. The third kappa shape index (κ3) is 3.00. The van der Waals surface area contributed by atoms with Gasteiger partial charge in [0.05, 0.1) is 5.41 Å². The number of aryl methyl sites for hydroxylation is 1. The fourth-order valence-electron chi connectivity index (χ4n) is 2.05. The van der Waals surface area contributed by atoms with Crippen LogP contribution >= 0.6 is 12.4 Å². The van der Waals surface area contributed by atoms with Gasteiger partial charge in [-0.2, -0.15) is 0 Å². The second-order valence-corrected chi connectivity index (χ2v) is 4.90. The van der Waals surface area contributed by atoms with E-state index in [4.69, 9.17) is 0 Å². The molecule has 1 aliphatic rings. The molecule has 1 aromatic carbocycles. The number of hydrogen-bond acceptors (Lipinski definition) is 2. The summed E-state index contributed by atoms with van der Waals surface area (Å²) in [5.41, 5.74) is 1.07. The quantitative estimate of drug-likeness (QED) is 0.869. The second-order valence-electron chi connectivity index (χ2n) is 4.90. The van der Waals surface area contributed by atoms with E-state index in [0.717, 1.165) is 18.5 Å². The number of halogens is 2. The zero-order valence-corrected chi connectivity index (χ0v) is 11.4. The van der Waals surface area contributed by atoms with Crippen LogP contribution in [0.3, 0.4) is 0 Å². The predicted octanol–water partition coefficient (Wildman–Crippen LogP) is 2.49. The summed E-state index contributed by atoms with van der Waals surface area (Å²) >= 11 is 0. The average molecular weight is 273 g/mol. The molecule has 1 heterocycles. The molecule has 100 valence electrons. The number of anilines is 1. The summed E-state index contributed by atoms with van der Waals surface area (Å²) in [6.45, 7) is 5.29. The summed E-state index contributed by atoms with van der Waals surface area (Å²) in [7, 11) is 0. The lowest BCUT2D eigenvalue weighted by molar-refractivity contribution is -0.123. The van der Waals surface area contributed by atoms with Gasteiger partial charge in [-0.25, -0.2) is 4.39 Å². The Labute approximate surface area is 113 Å². The van der Waals surface area contributed by atoms with E-state index in [2.05, 4.69) is 10.6 Å². The van der Waals surface area contributed by atoms with Crippen LogP contribution in [-0.4, -0.2) is 19.0 Å². The number of carbonyl (C=O) groups excluding carboxylic acids is 1. The van der Waals surface area contributed by atoms with Gasteiger partial charge in [0.2, 0.25) is 5.91 Å². The van der Waals surface area contributed by atoms with Gasteiger partial charge in [0.25, 0.3) is 0 Å². The van der Waals surface area contributed by atoms with E-state index >= 15 is 0 Å². The summed E-state index contributed by atoms with van der Waals surface area (Å²) in [5, 5.41) is 6.06. The van der Waals surface area contributed by atoms with Crippen molar-refractivity contribution in [2.45, 2.75) is 20.3 Å². The first-order chi connectivity index (χ1) is 8.01. The number of benzene rings is 1. The molecule has 1 saturated heterocycles. The first-order valence-electron chi connectivity index (χ1n) is 5.80. The van der Waals surface area contributed by atoms with E-state index in [1.54, 1.807) is 13.0 Å². The molecule has 1 aliphatic heterocycles. The zero-order valence-electron chi connectivity index (χ0n) is 10.5. The second kappa shape index (κ2) is 5.67. The summed E-state index contributed by atoms with van der Waals surface area (Å²) in [6.07, 6.45) is 0.832. The zero-order chi connectivity index (χ0) is 12.5. The SMILES string of the molecule is Cc1cc(F)ccc1NC(=O)C1(C)CCNC1.Cl. The van der Waals surface area contributed by atoms with Gasteiger partial charge in [-0.05, 0) is 50.6 Å². The molecule has 0 aromatic heterocycles. The fraction of sp³-hybridized carbons (Fsp3) is 0.462. The Kier molecular flexibility index (Phi) is 4.71. The standard InChI is InChI=1S/C13H17FN2O.ClH/c1-9-7-10(14)3-4-11(9)16-12(17)13(2)5-6-15-8-13;/h3-4,7,15H,5-6,8H2,1-2H3,(H,16,17);1H. The van der Waals surface area contributed by atoms with Crippen LogP contribution in [0.1, 0.15) is 18.9 Å². The van der Waals surface area contributed by atoms with Gasteiger partial charge in [-0.15, -0.1) is 12.4 Å². The number of amides is 1. The highest BCUT2D eigenvalue weighted by Gasteiger charge is 2.36. The Bertz CT molecular complexity index is 445. The van der Waals surface area contributed by atoms with Crippen LogP contribution < -0.4 is 10.6 Å². The Hall–Kier alpha value is -1.13. The number of carbonyl (C=O) groups is 1. The molecule has 2 rings (SSSR count). The first kappa shape index (κ1) is 14.9. The van der Waals surface area contributed by atoms with E-state index in [-0.39, 0.29) is 29.5 Å². The Balaban J connectivity index is 0.00000162. The van der Waals surface area contributed by atoms with Gasteiger partial charge in [0.1, 0.15) is 5.82 Å². The lowest BCUT2D eigenvalue weighted by Crippen LogP contribution is -2.35. The summed E-state index contributed by atoms with van der Waals surface area (Å²) < 4.78 is 12.9. The summed E-state index contributed by atoms with van der Waals surface area (Å²) in [4.78, 5) is 12.1. The predicted molar refractivity (Wildman–Crippen MR) is 72.6 cm³/mol. The van der Waals surface area contributed by atoms with Crippen molar-refractivity contribution in [3.05, 3.63) is 29.6 Å². The van der Waals surface area contributed by atoms with Crippen molar-refractivity contribution >= 4 is 24.0 Å². The largest absolute Gasteiger partial charge is 0.325 e. The van der Waals surface area contributed by atoms with Crippen LogP contribution in [0.4, 0.5) is 10.1 Å². The van der Waals surface area contributed by atoms with Gasteiger partial charge in [0.15, 0.2) is 0 Å². The number of nitrogens with one attached hydrogen (secondary N) is 2. The third-order valence-corrected chi connectivity index (χ3v) is 3.35. The maximum atomic E-state index is 12.9. The van der Waals surface area contributed by atoms with Crippen LogP contribution in [0.25, 0.3) is 0 Å². The molecule has 0 saturated carbocycles. The molecule has 3 nitrogen and oxygen atoms in total. The topological polar surface area (TPSA) is 41.1 Å². The molecule has 5 heteroatoms. The molecule has 2 N–H and O–H groups in total. The summed E-state index contributed by atoms with van der Waals surface area (Å²) in [6, 6.07) is 4.39. The molecule has 1 fully saturated rings. The van der Waals surface area contributed by atoms with E-state index in [0.29, 0.717) is 12.2 Å². The Morgan fingerprint density at radius 1 is 1.50 bits per heavy atom. The molecule has 0 bridgehead atoms. The van der Waals surface area contributed by atoms with Crippen LogP contribution in [0.2, 0.25) is 0 Å². The minimum Gasteiger partial charge on any atom is -0.325 e. The van der Waals surface area contributed by atoms with Crippen molar-refractivity contribution in [3.63, 3.8) is 0 Å². The molecular weight excluding hydrogens is 255 g/mol. The van der Waals surface area contributed by atoms with Crippen LogP contribution in [-0.2, 0) is 4.79 Å². The third-order valence-electron chi connectivity index (χ3n) is 3.35. The molecule has 0 spiro atoms. The van der Waals surface area contributed by atoms with Crippen molar-refractivity contribution in [3.8, 4) is 0 Å². The summed E-state index contributed by atoms with van der Waals surface area (Å²) in [5.74, 6) is -0.286. The highest BCUT2D eigenvalue weighted by Crippen LogP contribution is 2.27. The van der Waals surface area contributed by atoms with E-state index in [1.165, 1.54) is 12.1 Å². The van der Waals surface area contributed by atoms with Gasteiger partial charge < -0.3 is 10.6 Å². The molecule has 1 aromatic rings. The van der Waals surface area contributed by atoms with Gasteiger partial charge in [0, 0.05) is 12.2 Å². The molecule has 1 unspecified atom stereocenters. The maximum Gasteiger partial charge on any atom is 0.231 e. The average Bonchev–Trinajstić information content (AvgIpc) is 2.71. The van der Waals surface area contributed by atoms with Gasteiger partial charge >= 0.3 is 0 Å². The number of hydrogen-bond donors (Lipinski definition) is 2. The van der Waals surface area contributed by atoms with Gasteiger partial charge in [-0.3, -0.25) is 4.79 Å². The van der Waals surface area contributed by atoms with Crippen molar-refractivity contribution in [1.29, 1.82) is 0 Å². The monoisotopic (exact) mass is 272 g/mol. The lowest BCUT2D eigenvalue weighted by atomic mass is 9.88. The van der Waals surface area contributed by atoms with Gasteiger partial charge in [-0.1, -0.05) is 0 Å². The van der Waals surface area contributed by atoms with Crippen molar-refractivity contribution in [2.75, 3.05) is 18.4 Å². The van der Waals surface area contributed by atoms with E-state index in [1.807, 2.05) is 6.92 Å². The Morgan fingerprint density at radius 3 is 2.78 bits per heavy atom. The van der Waals surface area contributed by atoms with Crippen LogP contribution in [0, 0.1) is 18.2 Å². The molecule has 18 heavy (non-hydrogen) atoms. The Morgan fingerprint density at radius 2 is 2.22 bits per heavy atom. The van der Waals surface area contributed by atoms with Crippen molar-refractivity contribution in [1.82, 2.24) is 5.32 Å². The molecular formula is C13H18ClFN2O. The normalized spacial score (nSPS) is 22.4. The first-order valence-corrected chi connectivity index (χ1v) is 5.80. The molecule has 1 amide bonds. The fourth-order valence-corrected chi connectivity index (χ4v) is 2.05.